The molecule has 1 aromatic carbocycles. The van der Waals surface area contributed by atoms with Crippen LogP contribution in [0.3, 0.4) is 0 Å². The number of aliphatic hydroxyl groups is 1. The Hall–Kier alpha value is -2.30. The fourth-order valence-corrected chi connectivity index (χ4v) is 4.91. The molecule has 2 heterocycles. The summed E-state index contributed by atoms with van der Waals surface area (Å²) in [5, 5.41) is 19.4. The average Bonchev–Trinajstić information content (AvgIpc) is 2.64. The molecule has 30 heavy (non-hydrogen) atoms. The molecule has 0 radical (unpaired) electrons. The number of amides is 1. The van der Waals surface area contributed by atoms with Gasteiger partial charge in [-0.2, -0.15) is 5.26 Å². The lowest BCUT2D eigenvalue weighted by atomic mass is 9.83. The van der Waals surface area contributed by atoms with Gasteiger partial charge in [0.25, 0.3) is 0 Å². The monoisotopic (exact) mass is 416 g/mol. The van der Waals surface area contributed by atoms with Crippen LogP contribution in [0.5, 0.6) is 5.75 Å². The molecule has 7 nitrogen and oxygen atoms in total. The first-order valence-electron chi connectivity index (χ1n) is 10.7. The highest BCUT2D eigenvalue weighted by Crippen LogP contribution is 2.33. The molecule has 1 amide bonds. The first kappa shape index (κ1) is 22.4. The summed E-state index contributed by atoms with van der Waals surface area (Å²) in [4.78, 5) is 14.3. The molecular weight excluding hydrogens is 382 g/mol. The predicted octanol–water partition coefficient (Wildman–Crippen LogP) is 2.63. The van der Waals surface area contributed by atoms with Gasteiger partial charge in [-0.3, -0.25) is 0 Å². The zero-order valence-electron chi connectivity index (χ0n) is 18.5. The zero-order valence-corrected chi connectivity index (χ0v) is 18.5. The van der Waals surface area contributed by atoms with E-state index in [0.29, 0.717) is 29.7 Å². The Morgan fingerprint density at radius 2 is 1.87 bits per heavy atom. The van der Waals surface area contributed by atoms with Crippen molar-refractivity contribution in [1.29, 1.82) is 5.26 Å². The largest absolute Gasteiger partial charge is 0.491 e. The normalized spacial score (nSPS) is 27.1. The molecule has 2 unspecified atom stereocenters. The number of nitriles is 1. The van der Waals surface area contributed by atoms with Crippen molar-refractivity contribution in [2.24, 2.45) is 11.8 Å². The van der Waals surface area contributed by atoms with Crippen molar-refractivity contribution >= 4 is 6.09 Å². The second-order valence-corrected chi connectivity index (χ2v) is 10.1. The average molecular weight is 417 g/mol. The molecule has 1 aromatic rings. The van der Waals surface area contributed by atoms with Gasteiger partial charge >= 0.3 is 6.09 Å². The highest BCUT2D eigenvalue weighted by atomic mass is 16.6. The predicted molar refractivity (Wildman–Crippen MR) is 113 cm³/mol. The fraction of sp³-hybridized carbons (Fsp3) is 0.652. The highest BCUT2D eigenvalue weighted by molar-refractivity contribution is 5.68. The van der Waals surface area contributed by atoms with Crippen molar-refractivity contribution in [3.63, 3.8) is 0 Å². The molecule has 0 aromatic heterocycles. The van der Waals surface area contributed by atoms with Gasteiger partial charge in [-0.05, 0) is 51.5 Å². The number of rotatable bonds is 5. The molecular formula is C23H34N3O4+. The number of aliphatic hydroxyl groups excluding tert-OH is 1. The summed E-state index contributed by atoms with van der Waals surface area (Å²) < 4.78 is 12.0. The topological polar surface area (TPSA) is 82.8 Å². The number of quaternary nitrogens is 1. The van der Waals surface area contributed by atoms with Crippen LogP contribution in [0, 0.1) is 23.2 Å². The number of likely N-dealkylation sites (N-methyl/N-ethyl adjacent to an activating group) is 1. The number of piperidine rings is 2. The number of carbonyl (C=O) groups excluding carboxylic acids is 1. The van der Waals surface area contributed by atoms with Gasteiger partial charge in [-0.25, -0.2) is 4.79 Å². The Kier molecular flexibility index (Phi) is 6.59. The highest BCUT2D eigenvalue weighted by Gasteiger charge is 2.44. The first-order chi connectivity index (χ1) is 14.0. The maximum Gasteiger partial charge on any atom is 0.410 e. The standard InChI is InChI=1S/C23H34N3O4/c1-23(2,3)30-22(28)25-11-18-9-19(12-25)14-26(4,13-18)15-20(27)16-29-21-7-5-17(10-24)6-8-21/h5-8,18-20,27H,9,11-16H2,1-4H3/q+1/t18?,19?,20-,26?/m0/s1. The molecule has 0 saturated carbocycles. The number of ether oxygens (including phenoxy) is 2. The number of benzene rings is 1. The quantitative estimate of drug-likeness (QED) is 0.746. The molecule has 0 aliphatic carbocycles. The fourth-order valence-electron chi connectivity index (χ4n) is 4.91. The zero-order chi connectivity index (χ0) is 21.9. The van der Waals surface area contributed by atoms with Crippen LogP contribution in [-0.2, 0) is 4.74 Å². The van der Waals surface area contributed by atoms with Crippen LogP contribution in [0.4, 0.5) is 4.79 Å². The van der Waals surface area contributed by atoms with E-state index in [0.717, 1.165) is 37.1 Å². The van der Waals surface area contributed by atoms with Crippen LogP contribution < -0.4 is 4.74 Å². The van der Waals surface area contributed by atoms with Gasteiger partial charge in [0, 0.05) is 24.9 Å². The van der Waals surface area contributed by atoms with Gasteiger partial charge in [0.15, 0.2) is 0 Å². The summed E-state index contributed by atoms with van der Waals surface area (Å²) >= 11 is 0. The molecule has 3 rings (SSSR count). The van der Waals surface area contributed by atoms with Crippen LogP contribution in [0.25, 0.3) is 0 Å². The molecule has 2 aliphatic rings. The Bertz CT molecular complexity index is 767. The van der Waals surface area contributed by atoms with Gasteiger partial charge in [-0.1, -0.05) is 0 Å². The number of likely N-dealkylation sites (tertiary alicyclic amines) is 2. The van der Waals surface area contributed by atoms with Crippen molar-refractivity contribution in [3.05, 3.63) is 29.8 Å². The van der Waals surface area contributed by atoms with Crippen LogP contribution >= 0.6 is 0 Å². The Morgan fingerprint density at radius 1 is 1.27 bits per heavy atom. The van der Waals surface area contributed by atoms with E-state index < -0.39 is 11.7 Å². The van der Waals surface area contributed by atoms with Crippen molar-refractivity contribution in [1.82, 2.24) is 4.90 Å². The lowest BCUT2D eigenvalue weighted by molar-refractivity contribution is -0.924. The molecule has 0 spiro atoms. The van der Waals surface area contributed by atoms with Gasteiger partial charge in [-0.15, -0.1) is 0 Å². The minimum absolute atomic E-state index is 0.218. The third-order valence-electron chi connectivity index (χ3n) is 5.75. The molecule has 1 N–H and O–H groups in total. The van der Waals surface area contributed by atoms with Crippen molar-refractivity contribution in [2.75, 3.05) is 46.4 Å². The van der Waals surface area contributed by atoms with Gasteiger partial charge in [0.05, 0.1) is 31.8 Å². The molecule has 3 atom stereocenters. The van der Waals surface area contributed by atoms with E-state index in [1.165, 1.54) is 0 Å². The summed E-state index contributed by atoms with van der Waals surface area (Å²) in [5.41, 5.74) is 0.106. The molecule has 2 saturated heterocycles. The van der Waals surface area contributed by atoms with E-state index in [9.17, 15) is 9.90 Å². The number of carbonyl (C=O) groups is 1. The molecule has 164 valence electrons. The Labute approximate surface area is 179 Å². The molecule has 2 bridgehead atoms. The van der Waals surface area contributed by atoms with E-state index >= 15 is 0 Å². The maximum absolute atomic E-state index is 12.5. The van der Waals surface area contributed by atoms with Crippen LogP contribution in [-0.4, -0.2) is 78.7 Å². The van der Waals surface area contributed by atoms with E-state index in [2.05, 4.69) is 13.1 Å². The SMILES string of the molecule is CC(C)(C)OC(=O)N1CC2CC(C1)C[N+](C)(C[C@H](O)COc1ccc(C#N)cc1)C2. The van der Waals surface area contributed by atoms with Crippen molar-refractivity contribution in [2.45, 2.75) is 38.9 Å². The molecule has 7 heteroatoms. The van der Waals surface area contributed by atoms with Gasteiger partial charge in [0.1, 0.15) is 30.6 Å². The summed E-state index contributed by atoms with van der Waals surface area (Å²) in [6.45, 7) is 9.83. The smallest absolute Gasteiger partial charge is 0.410 e. The van der Waals surface area contributed by atoms with Gasteiger partial charge in [0.2, 0.25) is 0 Å². The number of hydrogen-bond donors (Lipinski definition) is 1. The molecule has 2 aliphatic heterocycles. The second-order valence-electron chi connectivity index (χ2n) is 10.1. The van der Waals surface area contributed by atoms with Crippen LogP contribution in [0.1, 0.15) is 32.8 Å². The van der Waals surface area contributed by atoms with Crippen LogP contribution in [0.2, 0.25) is 0 Å². The minimum atomic E-state index is -0.577. The lowest BCUT2D eigenvalue weighted by Crippen LogP contribution is -2.63. The van der Waals surface area contributed by atoms with Gasteiger partial charge < -0.3 is 24.0 Å². The summed E-state index contributed by atoms with van der Waals surface area (Å²) in [7, 11) is 2.19. The van der Waals surface area contributed by atoms with E-state index in [1.54, 1.807) is 24.3 Å². The minimum Gasteiger partial charge on any atom is -0.491 e. The number of hydrogen-bond acceptors (Lipinski definition) is 5. The first-order valence-corrected chi connectivity index (χ1v) is 10.7. The Balaban J connectivity index is 1.50. The van der Waals surface area contributed by atoms with Crippen molar-refractivity contribution in [3.8, 4) is 11.8 Å². The van der Waals surface area contributed by atoms with E-state index in [1.807, 2.05) is 25.7 Å². The van der Waals surface area contributed by atoms with E-state index in [4.69, 9.17) is 14.7 Å². The molecule has 2 fully saturated rings. The summed E-state index contributed by atoms with van der Waals surface area (Å²) in [5.74, 6) is 1.49. The maximum atomic E-state index is 12.5. The lowest BCUT2D eigenvalue weighted by Gasteiger charge is -2.50. The van der Waals surface area contributed by atoms with Crippen molar-refractivity contribution < 1.29 is 23.9 Å². The third kappa shape index (κ3) is 6.10. The number of nitrogens with zero attached hydrogens (tertiary/aromatic N) is 3. The summed E-state index contributed by atoms with van der Waals surface area (Å²) in [6, 6.07) is 8.99. The number of fused-ring (bicyclic) bond motifs is 2. The second kappa shape index (κ2) is 8.83. The third-order valence-corrected chi connectivity index (χ3v) is 5.75. The van der Waals surface area contributed by atoms with E-state index in [-0.39, 0.29) is 12.7 Å². The summed E-state index contributed by atoms with van der Waals surface area (Å²) in [6.07, 6.45) is 0.334. The Morgan fingerprint density at radius 3 is 2.40 bits per heavy atom. The van der Waals surface area contributed by atoms with Crippen LogP contribution in [0.15, 0.2) is 24.3 Å².